The van der Waals surface area contributed by atoms with Crippen molar-refractivity contribution < 1.29 is 9.47 Å². The molecule has 3 rings (SSSR count). The van der Waals surface area contributed by atoms with Crippen LogP contribution < -0.4 is 9.47 Å². The molecule has 0 fully saturated rings. The highest BCUT2D eigenvalue weighted by Crippen LogP contribution is 2.38. The molecular formula is C23H20BrNO2. The Bertz CT molecular complexity index is 1030. The molecule has 3 nitrogen and oxygen atoms in total. The number of halogens is 1. The summed E-state index contributed by atoms with van der Waals surface area (Å²) < 4.78 is 12.2. The lowest BCUT2D eigenvalue weighted by atomic mass is 9.97. The monoisotopic (exact) mass is 421 g/mol. The van der Waals surface area contributed by atoms with Crippen LogP contribution in [0.4, 0.5) is 0 Å². The minimum atomic E-state index is 0.536. The summed E-state index contributed by atoms with van der Waals surface area (Å²) in [6, 6.07) is 20.3. The van der Waals surface area contributed by atoms with Gasteiger partial charge in [0.15, 0.2) is 11.5 Å². The van der Waals surface area contributed by atoms with Gasteiger partial charge in [-0.25, -0.2) is 0 Å². The number of hydrogen-bond donors (Lipinski definition) is 0. The molecule has 0 atom stereocenters. The Morgan fingerprint density at radius 2 is 1.78 bits per heavy atom. The van der Waals surface area contributed by atoms with Crippen molar-refractivity contribution in [2.45, 2.75) is 13.8 Å². The van der Waals surface area contributed by atoms with Crippen LogP contribution in [-0.4, -0.2) is 13.2 Å². The number of benzene rings is 3. The highest BCUT2D eigenvalue weighted by atomic mass is 79.9. The van der Waals surface area contributed by atoms with Crippen LogP contribution in [0.15, 0.2) is 59.1 Å². The third-order valence-electron chi connectivity index (χ3n) is 4.13. The molecule has 3 aromatic rings. The normalized spacial score (nSPS) is 11.3. The maximum atomic E-state index is 9.80. The van der Waals surface area contributed by atoms with Crippen molar-refractivity contribution in [3.05, 3.63) is 70.2 Å². The Hall–Kier alpha value is -2.77. The molecule has 136 valence electrons. The third-order valence-corrected chi connectivity index (χ3v) is 4.72. The first-order chi connectivity index (χ1) is 13.2. The smallest absolute Gasteiger partial charge is 0.175 e. The van der Waals surface area contributed by atoms with Crippen LogP contribution in [0.5, 0.6) is 11.5 Å². The molecule has 0 aliphatic heterocycles. The molecule has 0 aromatic heterocycles. The molecule has 0 radical (unpaired) electrons. The van der Waals surface area contributed by atoms with Crippen LogP contribution in [0, 0.1) is 11.3 Å². The highest BCUT2D eigenvalue weighted by molar-refractivity contribution is 9.10. The van der Waals surface area contributed by atoms with Crippen molar-refractivity contribution in [1.29, 1.82) is 5.26 Å². The fraction of sp³-hybridized carbons (Fsp3) is 0.174. The van der Waals surface area contributed by atoms with Gasteiger partial charge in [-0.2, -0.15) is 5.26 Å². The molecule has 0 bridgehead atoms. The summed E-state index contributed by atoms with van der Waals surface area (Å²) in [4.78, 5) is 0. The summed E-state index contributed by atoms with van der Waals surface area (Å²) in [5.74, 6) is 1.34. The van der Waals surface area contributed by atoms with Gasteiger partial charge in [0.1, 0.15) is 0 Å². The second-order valence-electron chi connectivity index (χ2n) is 5.89. The second kappa shape index (κ2) is 8.75. The van der Waals surface area contributed by atoms with Crippen molar-refractivity contribution in [2.75, 3.05) is 13.2 Å². The van der Waals surface area contributed by atoms with Crippen LogP contribution >= 0.6 is 15.9 Å². The van der Waals surface area contributed by atoms with Crippen LogP contribution in [0.1, 0.15) is 25.0 Å². The molecule has 0 amide bonds. The minimum absolute atomic E-state index is 0.536. The lowest BCUT2D eigenvalue weighted by Crippen LogP contribution is -1.99. The van der Waals surface area contributed by atoms with Crippen LogP contribution in [0.3, 0.4) is 0 Å². The summed E-state index contributed by atoms with van der Waals surface area (Å²) >= 11 is 3.56. The van der Waals surface area contributed by atoms with Crippen molar-refractivity contribution in [3.63, 3.8) is 0 Å². The molecule has 0 aliphatic carbocycles. The van der Waals surface area contributed by atoms with E-state index in [9.17, 15) is 5.26 Å². The van der Waals surface area contributed by atoms with E-state index >= 15 is 0 Å². The van der Waals surface area contributed by atoms with Crippen molar-refractivity contribution in [2.24, 2.45) is 0 Å². The van der Waals surface area contributed by atoms with E-state index in [1.165, 1.54) is 0 Å². The van der Waals surface area contributed by atoms with Gasteiger partial charge >= 0.3 is 0 Å². The van der Waals surface area contributed by atoms with E-state index < -0.39 is 0 Å². The molecule has 0 unspecified atom stereocenters. The van der Waals surface area contributed by atoms with Crippen LogP contribution in [0.25, 0.3) is 22.4 Å². The molecule has 4 heteroatoms. The standard InChI is InChI=1S/C23H20BrNO2/c1-3-26-22-14-16(13-21(24)23(22)27-4-2)12-18(15-25)20-11-7-9-17-8-5-6-10-19(17)20/h5-14H,3-4H2,1-2H3/b18-12-. The number of rotatable bonds is 6. The van der Waals surface area contributed by atoms with E-state index in [-0.39, 0.29) is 0 Å². The van der Waals surface area contributed by atoms with Gasteiger partial charge in [-0.15, -0.1) is 0 Å². The van der Waals surface area contributed by atoms with E-state index in [1.807, 2.05) is 62.4 Å². The van der Waals surface area contributed by atoms with Crippen LogP contribution in [0.2, 0.25) is 0 Å². The fourth-order valence-corrected chi connectivity index (χ4v) is 3.59. The SMILES string of the molecule is CCOc1cc(/C=C(/C#N)c2cccc3ccccc23)cc(Br)c1OCC. The third kappa shape index (κ3) is 4.15. The summed E-state index contributed by atoms with van der Waals surface area (Å²) in [5, 5.41) is 12.0. The zero-order valence-corrected chi connectivity index (χ0v) is 16.9. The van der Waals surface area contributed by atoms with Gasteiger partial charge in [0.25, 0.3) is 0 Å². The predicted molar refractivity (Wildman–Crippen MR) is 114 cm³/mol. The van der Waals surface area contributed by atoms with Gasteiger partial charge in [-0.3, -0.25) is 0 Å². The Morgan fingerprint density at radius 3 is 2.52 bits per heavy atom. The Balaban J connectivity index is 2.12. The summed E-state index contributed by atoms with van der Waals surface area (Å²) in [6.07, 6.45) is 1.88. The Morgan fingerprint density at radius 1 is 1.04 bits per heavy atom. The largest absolute Gasteiger partial charge is 0.490 e. The fourth-order valence-electron chi connectivity index (χ4n) is 3.02. The van der Waals surface area contributed by atoms with Crippen molar-refractivity contribution >= 4 is 38.4 Å². The predicted octanol–water partition coefficient (Wildman–Crippen LogP) is 6.46. The number of hydrogen-bond acceptors (Lipinski definition) is 3. The lowest BCUT2D eigenvalue weighted by molar-refractivity contribution is 0.286. The summed E-state index contributed by atoms with van der Waals surface area (Å²) in [7, 11) is 0. The van der Waals surface area contributed by atoms with Gasteiger partial charge in [-0.05, 0) is 64.3 Å². The van der Waals surface area contributed by atoms with Gasteiger partial charge in [0.2, 0.25) is 0 Å². The quantitative estimate of drug-likeness (QED) is 0.338. The van der Waals surface area contributed by atoms with E-state index in [2.05, 4.69) is 34.1 Å². The molecule has 3 aromatic carbocycles. The number of ether oxygens (including phenoxy) is 2. The molecule has 0 saturated heterocycles. The van der Waals surface area contributed by atoms with E-state index in [4.69, 9.17) is 9.47 Å². The molecule has 0 heterocycles. The van der Waals surface area contributed by atoms with Gasteiger partial charge in [0, 0.05) is 5.56 Å². The molecular weight excluding hydrogens is 402 g/mol. The molecule has 0 N–H and O–H groups in total. The lowest BCUT2D eigenvalue weighted by Gasteiger charge is -2.14. The first-order valence-corrected chi connectivity index (χ1v) is 9.66. The Kier molecular flexibility index (Phi) is 6.16. The van der Waals surface area contributed by atoms with Gasteiger partial charge < -0.3 is 9.47 Å². The summed E-state index contributed by atoms with van der Waals surface area (Å²) in [5.41, 5.74) is 2.39. The van der Waals surface area contributed by atoms with E-state index in [1.54, 1.807) is 0 Å². The first-order valence-electron chi connectivity index (χ1n) is 8.87. The maximum Gasteiger partial charge on any atom is 0.175 e. The molecule has 0 aliphatic rings. The number of nitrogens with zero attached hydrogens (tertiary/aromatic N) is 1. The maximum absolute atomic E-state index is 9.80. The number of nitriles is 1. The number of fused-ring (bicyclic) bond motifs is 1. The number of allylic oxidation sites excluding steroid dienone is 1. The topological polar surface area (TPSA) is 42.2 Å². The second-order valence-corrected chi connectivity index (χ2v) is 6.75. The van der Waals surface area contributed by atoms with Gasteiger partial charge in [-0.1, -0.05) is 42.5 Å². The van der Waals surface area contributed by atoms with Crippen LogP contribution in [-0.2, 0) is 0 Å². The zero-order chi connectivity index (χ0) is 19.2. The summed E-state index contributed by atoms with van der Waals surface area (Å²) in [6.45, 7) is 4.95. The highest BCUT2D eigenvalue weighted by Gasteiger charge is 2.12. The molecule has 0 saturated carbocycles. The molecule has 27 heavy (non-hydrogen) atoms. The zero-order valence-electron chi connectivity index (χ0n) is 15.3. The molecule has 0 spiro atoms. The average molecular weight is 422 g/mol. The van der Waals surface area contributed by atoms with Crippen molar-refractivity contribution in [1.82, 2.24) is 0 Å². The van der Waals surface area contributed by atoms with E-state index in [0.717, 1.165) is 26.4 Å². The first kappa shape index (κ1) is 19.0. The van der Waals surface area contributed by atoms with Gasteiger partial charge in [0.05, 0.1) is 29.3 Å². The Labute approximate surface area is 168 Å². The van der Waals surface area contributed by atoms with Crippen molar-refractivity contribution in [3.8, 4) is 17.6 Å². The average Bonchev–Trinajstić information content (AvgIpc) is 2.68. The minimum Gasteiger partial charge on any atom is -0.490 e. The van der Waals surface area contributed by atoms with E-state index in [0.29, 0.717) is 30.3 Å².